The molecular formula is C25H21BrO3. The zero-order valence-corrected chi connectivity index (χ0v) is 17.9. The second-order valence-corrected chi connectivity index (χ2v) is 9.63. The van der Waals surface area contributed by atoms with Crippen molar-refractivity contribution in [1.29, 1.82) is 0 Å². The Labute approximate surface area is 178 Å². The zero-order chi connectivity index (χ0) is 20.3. The van der Waals surface area contributed by atoms with Crippen LogP contribution in [0.3, 0.4) is 0 Å². The van der Waals surface area contributed by atoms with Gasteiger partial charge in [0.2, 0.25) is 0 Å². The maximum Gasteiger partial charge on any atom is 0.163 e. The number of hydrogen-bond acceptors (Lipinski definition) is 3. The van der Waals surface area contributed by atoms with E-state index in [-0.39, 0.29) is 22.9 Å². The molecule has 0 aromatic heterocycles. The number of phenolic OH excluding ortho intramolecular Hbond substituents is 1. The monoisotopic (exact) mass is 448 g/mol. The van der Waals surface area contributed by atoms with Gasteiger partial charge in [-0.2, -0.15) is 0 Å². The normalized spacial score (nSPS) is 20.2. The van der Waals surface area contributed by atoms with Crippen LogP contribution in [0.4, 0.5) is 0 Å². The summed E-state index contributed by atoms with van der Waals surface area (Å²) in [7, 11) is 0. The first-order valence-corrected chi connectivity index (χ1v) is 10.6. The smallest absolute Gasteiger partial charge is 0.163 e. The second kappa shape index (κ2) is 6.46. The number of ether oxygens (including phenoxy) is 1. The summed E-state index contributed by atoms with van der Waals surface area (Å²) in [4.78, 5) is 13.3. The fourth-order valence-corrected chi connectivity index (χ4v) is 5.08. The highest BCUT2D eigenvalue weighted by Crippen LogP contribution is 2.53. The van der Waals surface area contributed by atoms with Crippen LogP contribution < -0.4 is 4.74 Å². The lowest BCUT2D eigenvalue weighted by molar-refractivity contribution is -0.118. The molecule has 0 saturated carbocycles. The minimum atomic E-state index is -0.360. The summed E-state index contributed by atoms with van der Waals surface area (Å²) in [5.41, 5.74) is 2.21. The predicted molar refractivity (Wildman–Crippen MR) is 117 cm³/mol. The molecule has 0 spiro atoms. The Kier molecular flexibility index (Phi) is 4.11. The Balaban J connectivity index is 1.85. The van der Waals surface area contributed by atoms with Gasteiger partial charge in [-0.15, -0.1) is 0 Å². The van der Waals surface area contributed by atoms with E-state index in [4.69, 9.17) is 4.74 Å². The van der Waals surface area contributed by atoms with Crippen molar-refractivity contribution in [1.82, 2.24) is 0 Å². The van der Waals surface area contributed by atoms with Crippen molar-refractivity contribution < 1.29 is 14.6 Å². The molecule has 29 heavy (non-hydrogen) atoms. The quantitative estimate of drug-likeness (QED) is 0.463. The van der Waals surface area contributed by atoms with Crippen molar-refractivity contribution in [3.8, 4) is 11.5 Å². The summed E-state index contributed by atoms with van der Waals surface area (Å²) in [5, 5.41) is 12.9. The number of halogens is 1. The number of carbonyl (C=O) groups is 1. The Bertz CT molecular complexity index is 1210. The van der Waals surface area contributed by atoms with Crippen molar-refractivity contribution in [3.63, 3.8) is 0 Å². The average molecular weight is 449 g/mol. The summed E-state index contributed by atoms with van der Waals surface area (Å²) in [6, 6.07) is 17.5. The molecule has 5 rings (SSSR count). The van der Waals surface area contributed by atoms with Gasteiger partial charge in [0.15, 0.2) is 5.78 Å². The van der Waals surface area contributed by atoms with Gasteiger partial charge in [0.05, 0.1) is 0 Å². The average Bonchev–Trinajstić information content (AvgIpc) is 2.66. The molecule has 1 atom stereocenters. The van der Waals surface area contributed by atoms with Crippen molar-refractivity contribution in [2.45, 2.75) is 32.6 Å². The third kappa shape index (κ3) is 2.98. The first-order chi connectivity index (χ1) is 13.8. The molecule has 4 heteroatoms. The molecule has 1 N–H and O–H groups in total. The van der Waals surface area contributed by atoms with Crippen LogP contribution in [-0.2, 0) is 4.79 Å². The number of phenols is 1. The van der Waals surface area contributed by atoms with Gasteiger partial charge in [-0.05, 0) is 40.5 Å². The predicted octanol–water partition coefficient (Wildman–Crippen LogP) is 6.48. The summed E-state index contributed by atoms with van der Waals surface area (Å²) < 4.78 is 7.17. The van der Waals surface area contributed by atoms with Crippen LogP contribution in [0.1, 0.15) is 43.7 Å². The standard InChI is InChI=1S/C25H21BrO3/c1-25(2)12-19(28)24-21(13-25)29-20-10-8-15(26)11-17(20)23(24)22-16-6-4-3-5-14(16)7-9-18(22)27/h3-11,23,27H,12-13H2,1-2H3. The van der Waals surface area contributed by atoms with Crippen LogP contribution in [-0.4, -0.2) is 10.9 Å². The number of fused-ring (bicyclic) bond motifs is 2. The Morgan fingerprint density at radius 2 is 1.86 bits per heavy atom. The van der Waals surface area contributed by atoms with E-state index in [1.54, 1.807) is 6.07 Å². The van der Waals surface area contributed by atoms with Gasteiger partial charge in [-0.25, -0.2) is 0 Å². The highest BCUT2D eigenvalue weighted by molar-refractivity contribution is 9.10. The number of Topliss-reactive ketones (excluding diaryl/α,β-unsaturated/α-hetero) is 1. The number of allylic oxidation sites excluding steroid dienone is 2. The highest BCUT2D eigenvalue weighted by Gasteiger charge is 2.43. The number of aromatic hydroxyl groups is 1. The number of carbonyl (C=O) groups excluding carboxylic acids is 1. The fourth-order valence-electron chi connectivity index (χ4n) is 4.70. The number of ketones is 1. The molecule has 0 fully saturated rings. The van der Waals surface area contributed by atoms with Gasteiger partial charge in [-0.3, -0.25) is 4.79 Å². The van der Waals surface area contributed by atoms with Gasteiger partial charge >= 0.3 is 0 Å². The lowest BCUT2D eigenvalue weighted by Crippen LogP contribution is -2.33. The van der Waals surface area contributed by atoms with Gasteiger partial charge in [0.25, 0.3) is 0 Å². The van der Waals surface area contributed by atoms with Crippen molar-refractivity contribution >= 4 is 32.5 Å². The van der Waals surface area contributed by atoms with Gasteiger partial charge in [-0.1, -0.05) is 60.1 Å². The van der Waals surface area contributed by atoms with E-state index in [0.29, 0.717) is 18.4 Å². The topological polar surface area (TPSA) is 46.5 Å². The first kappa shape index (κ1) is 18.4. The largest absolute Gasteiger partial charge is 0.508 e. The third-order valence-corrected chi connectivity index (χ3v) is 6.41. The molecule has 0 bridgehead atoms. The van der Waals surface area contributed by atoms with E-state index in [1.165, 1.54) is 0 Å². The van der Waals surface area contributed by atoms with Gasteiger partial charge < -0.3 is 9.84 Å². The van der Waals surface area contributed by atoms with Crippen molar-refractivity contribution in [2.24, 2.45) is 5.41 Å². The minimum Gasteiger partial charge on any atom is -0.508 e. The van der Waals surface area contributed by atoms with Crippen LogP contribution in [0.2, 0.25) is 0 Å². The van der Waals surface area contributed by atoms with E-state index in [1.807, 2.05) is 48.5 Å². The molecule has 1 aliphatic carbocycles. The summed E-state index contributed by atoms with van der Waals surface area (Å²) in [6.45, 7) is 4.19. The molecule has 3 nitrogen and oxygen atoms in total. The van der Waals surface area contributed by atoms with Crippen LogP contribution in [0.15, 0.2) is 70.4 Å². The van der Waals surface area contributed by atoms with Crippen LogP contribution >= 0.6 is 15.9 Å². The molecule has 1 unspecified atom stereocenters. The van der Waals surface area contributed by atoms with Crippen molar-refractivity contribution in [2.75, 3.05) is 0 Å². The second-order valence-electron chi connectivity index (χ2n) is 8.71. The first-order valence-electron chi connectivity index (χ1n) is 9.78. The lowest BCUT2D eigenvalue weighted by Gasteiger charge is -2.38. The molecule has 1 heterocycles. The van der Waals surface area contributed by atoms with E-state index >= 15 is 0 Å². The number of benzene rings is 3. The van der Waals surface area contributed by atoms with E-state index in [9.17, 15) is 9.90 Å². The Hall–Kier alpha value is -2.59. The van der Waals surface area contributed by atoms with E-state index in [0.717, 1.165) is 37.9 Å². The molecule has 1 aliphatic heterocycles. The van der Waals surface area contributed by atoms with Gasteiger partial charge in [0, 0.05) is 39.9 Å². The molecule has 0 amide bonds. The van der Waals surface area contributed by atoms with Gasteiger partial charge in [0.1, 0.15) is 17.3 Å². The molecule has 146 valence electrons. The number of rotatable bonds is 1. The summed E-state index contributed by atoms with van der Waals surface area (Å²) in [5.74, 6) is 1.42. The maximum atomic E-state index is 13.3. The van der Waals surface area contributed by atoms with Crippen LogP contribution in [0.25, 0.3) is 10.8 Å². The summed E-state index contributed by atoms with van der Waals surface area (Å²) >= 11 is 3.56. The minimum absolute atomic E-state index is 0.0965. The van der Waals surface area contributed by atoms with E-state index < -0.39 is 0 Å². The van der Waals surface area contributed by atoms with Crippen molar-refractivity contribution in [3.05, 3.63) is 81.5 Å². The van der Waals surface area contributed by atoms with E-state index in [2.05, 4.69) is 29.8 Å². The SMILES string of the molecule is CC1(C)CC(=O)C2=C(C1)Oc1ccc(Br)cc1C2c1c(O)ccc2ccccc12. The van der Waals surface area contributed by atoms with Crippen LogP contribution in [0.5, 0.6) is 11.5 Å². The molecule has 3 aromatic rings. The number of hydrogen-bond donors (Lipinski definition) is 1. The van der Waals surface area contributed by atoms with Crippen LogP contribution in [0, 0.1) is 5.41 Å². The fraction of sp³-hybridized carbons (Fsp3) is 0.240. The zero-order valence-electron chi connectivity index (χ0n) is 16.3. The molecule has 0 radical (unpaired) electrons. The molecule has 0 saturated heterocycles. The third-order valence-electron chi connectivity index (χ3n) is 5.92. The maximum absolute atomic E-state index is 13.3. The Morgan fingerprint density at radius 3 is 2.69 bits per heavy atom. The molecule has 2 aliphatic rings. The molecular weight excluding hydrogens is 428 g/mol. The highest BCUT2D eigenvalue weighted by atomic mass is 79.9. The lowest BCUT2D eigenvalue weighted by atomic mass is 9.69. The summed E-state index contributed by atoms with van der Waals surface area (Å²) in [6.07, 6.45) is 1.17. The molecule has 3 aromatic carbocycles. The Morgan fingerprint density at radius 1 is 1.07 bits per heavy atom.